The van der Waals surface area contributed by atoms with Gasteiger partial charge in [-0.05, 0) is 6.92 Å². The van der Waals surface area contributed by atoms with Crippen molar-refractivity contribution in [3.05, 3.63) is 0 Å². The summed E-state index contributed by atoms with van der Waals surface area (Å²) in [4.78, 5) is 2.15. The molecule has 0 radical (unpaired) electrons. The molecule has 0 aliphatic rings. The lowest BCUT2D eigenvalue weighted by atomic mass is 10.5. The Morgan fingerprint density at radius 3 is 2.27 bits per heavy atom. The van der Waals surface area contributed by atoms with Gasteiger partial charge in [-0.3, -0.25) is 0 Å². The van der Waals surface area contributed by atoms with Crippen LogP contribution in [0.4, 0.5) is 0 Å². The van der Waals surface area contributed by atoms with Gasteiger partial charge in [-0.2, -0.15) is 5.26 Å². The van der Waals surface area contributed by atoms with Gasteiger partial charge in [-0.1, -0.05) is 0 Å². The molecular formula is C5H11N3O2S. The molecule has 11 heavy (non-hydrogen) atoms. The second-order valence-electron chi connectivity index (χ2n) is 2.30. The van der Waals surface area contributed by atoms with Crippen molar-refractivity contribution >= 4 is 10.0 Å². The number of sulfonamides is 1. The number of hydrazine groups is 1. The predicted molar refractivity (Wildman–Crippen MR) is 40.8 cm³/mol. The number of rotatable bonds is 3. The maximum absolute atomic E-state index is 11.0. The summed E-state index contributed by atoms with van der Waals surface area (Å²) in [7, 11) is -0.408. The molecule has 0 heterocycles. The van der Waals surface area contributed by atoms with E-state index in [0.29, 0.717) is 0 Å². The van der Waals surface area contributed by atoms with Crippen molar-refractivity contribution in [3.63, 3.8) is 0 Å². The molecule has 0 saturated heterocycles. The van der Waals surface area contributed by atoms with Crippen molar-refractivity contribution in [3.8, 4) is 6.07 Å². The van der Waals surface area contributed by atoms with Crippen molar-refractivity contribution in [2.45, 2.75) is 12.2 Å². The minimum Gasteiger partial charge on any atom is -0.237 e. The van der Waals surface area contributed by atoms with Gasteiger partial charge in [0, 0.05) is 14.1 Å². The van der Waals surface area contributed by atoms with E-state index >= 15 is 0 Å². The fraction of sp³-hybridized carbons (Fsp3) is 0.800. The zero-order valence-corrected chi connectivity index (χ0v) is 7.51. The summed E-state index contributed by atoms with van der Waals surface area (Å²) in [5.41, 5.74) is 0. The minimum absolute atomic E-state index is 1.02. The zero-order valence-electron chi connectivity index (χ0n) is 6.70. The van der Waals surface area contributed by atoms with E-state index in [1.807, 2.05) is 0 Å². The molecule has 0 aliphatic heterocycles. The molecule has 0 rings (SSSR count). The van der Waals surface area contributed by atoms with Crippen LogP contribution in [0.1, 0.15) is 6.92 Å². The van der Waals surface area contributed by atoms with Gasteiger partial charge in [0.2, 0.25) is 10.0 Å². The number of hydrogen-bond donors (Lipinski definition) is 1. The summed E-state index contributed by atoms with van der Waals surface area (Å²) < 4.78 is 22.0. The molecular weight excluding hydrogens is 166 g/mol. The van der Waals surface area contributed by atoms with E-state index in [9.17, 15) is 8.42 Å². The Kier molecular flexibility index (Phi) is 3.45. The molecule has 1 atom stereocenters. The Morgan fingerprint density at radius 1 is 1.55 bits per heavy atom. The monoisotopic (exact) mass is 177 g/mol. The normalized spacial score (nSPS) is 14.5. The topological polar surface area (TPSA) is 73.2 Å². The number of nitrogens with one attached hydrogen (secondary N) is 1. The first-order valence-corrected chi connectivity index (χ1v) is 4.53. The molecule has 0 aromatic rings. The van der Waals surface area contributed by atoms with Gasteiger partial charge >= 0.3 is 0 Å². The van der Waals surface area contributed by atoms with E-state index in [-0.39, 0.29) is 0 Å². The van der Waals surface area contributed by atoms with E-state index in [1.165, 1.54) is 11.9 Å². The first-order valence-electron chi connectivity index (χ1n) is 2.98. The van der Waals surface area contributed by atoms with E-state index in [2.05, 4.69) is 4.83 Å². The average molecular weight is 177 g/mol. The number of nitrogens with zero attached hydrogens (tertiary/aromatic N) is 2. The fourth-order valence-electron chi connectivity index (χ4n) is 0.403. The minimum atomic E-state index is -3.49. The largest absolute Gasteiger partial charge is 0.240 e. The molecule has 5 nitrogen and oxygen atoms in total. The van der Waals surface area contributed by atoms with Gasteiger partial charge in [0.1, 0.15) is 0 Å². The number of nitriles is 1. The Bertz CT molecular complexity index is 251. The summed E-state index contributed by atoms with van der Waals surface area (Å²) in [5, 5.41) is 8.55. The quantitative estimate of drug-likeness (QED) is 0.578. The van der Waals surface area contributed by atoms with Crippen LogP contribution in [0, 0.1) is 11.3 Å². The van der Waals surface area contributed by atoms with Crippen molar-refractivity contribution < 1.29 is 8.42 Å². The van der Waals surface area contributed by atoms with Crippen LogP contribution in [0.3, 0.4) is 0 Å². The van der Waals surface area contributed by atoms with Crippen LogP contribution in [-0.4, -0.2) is 32.8 Å². The molecule has 1 unspecified atom stereocenters. The first-order chi connectivity index (χ1) is 4.90. The van der Waals surface area contributed by atoms with Crippen LogP contribution in [0.2, 0.25) is 0 Å². The third-order valence-electron chi connectivity index (χ3n) is 0.957. The first kappa shape index (κ1) is 10.4. The smallest absolute Gasteiger partial charge is 0.237 e. The van der Waals surface area contributed by atoms with Crippen LogP contribution in [-0.2, 0) is 10.0 Å². The molecule has 0 fully saturated rings. The van der Waals surface area contributed by atoms with Crippen LogP contribution < -0.4 is 4.83 Å². The summed E-state index contributed by atoms with van der Waals surface area (Å²) in [6, 6.07) is 1.63. The molecule has 0 saturated carbocycles. The molecule has 1 N–H and O–H groups in total. The van der Waals surface area contributed by atoms with Gasteiger partial charge in [0.25, 0.3) is 0 Å². The molecule has 0 bridgehead atoms. The van der Waals surface area contributed by atoms with Crippen LogP contribution in [0.5, 0.6) is 0 Å². The van der Waals surface area contributed by atoms with Crippen LogP contribution in [0.25, 0.3) is 0 Å². The number of hydrogen-bond acceptors (Lipinski definition) is 4. The molecule has 64 valence electrons. The summed E-state index contributed by atoms with van der Waals surface area (Å²) in [6.45, 7) is 1.33. The van der Waals surface area contributed by atoms with Gasteiger partial charge in [0.05, 0.1) is 6.07 Å². The Balaban J connectivity index is 4.39. The van der Waals surface area contributed by atoms with Gasteiger partial charge in [-0.15, -0.1) is 4.83 Å². The van der Waals surface area contributed by atoms with E-state index < -0.39 is 15.3 Å². The summed E-state index contributed by atoms with van der Waals surface area (Å²) in [5.74, 6) is 0. The molecule has 0 aromatic heterocycles. The van der Waals surface area contributed by atoms with Crippen molar-refractivity contribution in [2.24, 2.45) is 0 Å². The Labute approximate surface area is 66.6 Å². The second-order valence-corrected chi connectivity index (χ2v) is 4.28. The Morgan fingerprint density at radius 2 is 2.00 bits per heavy atom. The van der Waals surface area contributed by atoms with Crippen molar-refractivity contribution in [1.29, 1.82) is 5.26 Å². The molecule has 0 amide bonds. The lowest BCUT2D eigenvalue weighted by molar-refractivity contribution is 0.363. The third-order valence-corrected chi connectivity index (χ3v) is 2.61. The maximum atomic E-state index is 11.0. The fourth-order valence-corrected chi connectivity index (χ4v) is 1.21. The van der Waals surface area contributed by atoms with Crippen LogP contribution in [0.15, 0.2) is 0 Å². The molecule has 0 spiro atoms. The highest BCUT2D eigenvalue weighted by Crippen LogP contribution is 1.95. The lowest BCUT2D eigenvalue weighted by Gasteiger charge is -2.12. The van der Waals surface area contributed by atoms with Crippen molar-refractivity contribution in [1.82, 2.24) is 9.84 Å². The average Bonchev–Trinajstić information content (AvgIpc) is 1.83. The van der Waals surface area contributed by atoms with Crippen LogP contribution >= 0.6 is 0 Å². The van der Waals surface area contributed by atoms with E-state index in [4.69, 9.17) is 5.26 Å². The van der Waals surface area contributed by atoms with Crippen molar-refractivity contribution in [2.75, 3.05) is 14.1 Å². The van der Waals surface area contributed by atoms with E-state index in [0.717, 1.165) is 0 Å². The maximum Gasteiger partial charge on any atom is 0.240 e. The lowest BCUT2D eigenvalue weighted by Crippen LogP contribution is -2.40. The zero-order chi connectivity index (χ0) is 9.07. The van der Waals surface area contributed by atoms with Gasteiger partial charge in [0.15, 0.2) is 5.25 Å². The standard InChI is InChI=1S/C5H11N3O2S/c1-5(4-6)11(9,10)7-8(2)3/h5,7H,1-3H3. The second kappa shape index (κ2) is 3.67. The molecule has 6 heteroatoms. The highest BCUT2D eigenvalue weighted by molar-refractivity contribution is 7.90. The van der Waals surface area contributed by atoms with Gasteiger partial charge < -0.3 is 0 Å². The van der Waals surface area contributed by atoms with Gasteiger partial charge in [-0.25, -0.2) is 13.4 Å². The summed E-state index contributed by atoms with van der Waals surface area (Å²) in [6.07, 6.45) is 0. The van der Waals surface area contributed by atoms with E-state index in [1.54, 1.807) is 20.2 Å². The SMILES string of the molecule is CC(C#N)S(=O)(=O)NN(C)C. The molecule has 0 aromatic carbocycles. The predicted octanol–water partition coefficient (Wildman–Crippen LogP) is -0.706. The third kappa shape index (κ3) is 3.32. The highest BCUT2D eigenvalue weighted by atomic mass is 32.2. The Hall–Kier alpha value is -0.640. The molecule has 0 aliphatic carbocycles. The summed E-state index contributed by atoms with van der Waals surface area (Å²) >= 11 is 0. The highest BCUT2D eigenvalue weighted by Gasteiger charge is 2.19.